The molecule has 0 aromatic rings. The van der Waals surface area contributed by atoms with E-state index in [1.54, 1.807) is 0 Å². The number of nitrogens with two attached hydrogens (primary N) is 1. The summed E-state index contributed by atoms with van der Waals surface area (Å²) in [4.78, 5) is 0. The van der Waals surface area contributed by atoms with E-state index >= 15 is 0 Å². The first-order valence-electron chi connectivity index (χ1n) is 4.64. The summed E-state index contributed by atoms with van der Waals surface area (Å²) in [6.07, 6.45) is 1.28. The maximum Gasteiger partial charge on any atom is 0.0638 e. The van der Waals surface area contributed by atoms with Crippen LogP contribution < -0.4 is 5.73 Å². The standard InChI is InChI=1S/C9H19NO2/c1-3-11-7-9(6-10)4-5-12-8(9)2/h8H,3-7,10H2,1-2H3. The van der Waals surface area contributed by atoms with Crippen molar-refractivity contribution < 1.29 is 9.47 Å². The molecule has 1 rings (SSSR count). The Morgan fingerprint density at radius 3 is 2.83 bits per heavy atom. The number of hydrogen-bond acceptors (Lipinski definition) is 3. The van der Waals surface area contributed by atoms with Crippen molar-refractivity contribution in [1.82, 2.24) is 0 Å². The third-order valence-electron chi connectivity index (χ3n) is 2.83. The Labute approximate surface area is 74.2 Å². The fraction of sp³-hybridized carbons (Fsp3) is 1.00. The van der Waals surface area contributed by atoms with Crippen LogP contribution in [0.4, 0.5) is 0 Å². The monoisotopic (exact) mass is 173 g/mol. The smallest absolute Gasteiger partial charge is 0.0638 e. The summed E-state index contributed by atoms with van der Waals surface area (Å²) in [5.41, 5.74) is 5.82. The minimum absolute atomic E-state index is 0.0794. The molecular formula is C9H19NO2. The minimum Gasteiger partial charge on any atom is -0.381 e. The minimum atomic E-state index is 0.0794. The van der Waals surface area contributed by atoms with Gasteiger partial charge in [0.15, 0.2) is 0 Å². The molecule has 1 heterocycles. The highest BCUT2D eigenvalue weighted by Crippen LogP contribution is 2.33. The molecule has 1 aliphatic heterocycles. The molecule has 3 heteroatoms. The quantitative estimate of drug-likeness (QED) is 0.683. The van der Waals surface area contributed by atoms with Crippen LogP contribution >= 0.6 is 0 Å². The van der Waals surface area contributed by atoms with Gasteiger partial charge in [-0.2, -0.15) is 0 Å². The molecule has 0 aromatic heterocycles. The Hall–Kier alpha value is -0.120. The zero-order chi connectivity index (χ0) is 9.03. The lowest BCUT2D eigenvalue weighted by Gasteiger charge is -2.29. The molecule has 0 amide bonds. The van der Waals surface area contributed by atoms with E-state index in [-0.39, 0.29) is 11.5 Å². The van der Waals surface area contributed by atoms with Crippen molar-refractivity contribution in [1.29, 1.82) is 0 Å². The molecule has 2 N–H and O–H groups in total. The van der Waals surface area contributed by atoms with E-state index in [2.05, 4.69) is 6.92 Å². The highest BCUT2D eigenvalue weighted by atomic mass is 16.5. The average Bonchev–Trinajstić information content (AvgIpc) is 2.45. The van der Waals surface area contributed by atoms with E-state index in [4.69, 9.17) is 15.2 Å². The van der Waals surface area contributed by atoms with Crippen LogP contribution in [0.5, 0.6) is 0 Å². The van der Waals surface area contributed by atoms with Crippen LogP contribution in [0.2, 0.25) is 0 Å². The first-order valence-corrected chi connectivity index (χ1v) is 4.64. The van der Waals surface area contributed by atoms with Crippen LogP contribution in [-0.2, 0) is 9.47 Å². The molecule has 12 heavy (non-hydrogen) atoms. The number of rotatable bonds is 4. The normalized spacial score (nSPS) is 35.8. The molecule has 3 nitrogen and oxygen atoms in total. The first-order chi connectivity index (χ1) is 5.75. The Balaban J connectivity index is 2.49. The van der Waals surface area contributed by atoms with Gasteiger partial charge in [0.05, 0.1) is 12.7 Å². The van der Waals surface area contributed by atoms with Crippen LogP contribution in [0.1, 0.15) is 20.3 Å². The summed E-state index contributed by atoms with van der Waals surface area (Å²) in [5.74, 6) is 0. The van der Waals surface area contributed by atoms with E-state index < -0.39 is 0 Å². The molecule has 1 fully saturated rings. The van der Waals surface area contributed by atoms with E-state index in [1.807, 2.05) is 6.92 Å². The molecule has 1 saturated heterocycles. The maximum absolute atomic E-state index is 5.74. The highest BCUT2D eigenvalue weighted by Gasteiger charge is 2.40. The zero-order valence-electron chi connectivity index (χ0n) is 8.01. The van der Waals surface area contributed by atoms with Gasteiger partial charge < -0.3 is 15.2 Å². The van der Waals surface area contributed by atoms with Gasteiger partial charge in [-0.3, -0.25) is 0 Å². The molecule has 0 radical (unpaired) electrons. The Kier molecular flexibility index (Phi) is 3.50. The zero-order valence-corrected chi connectivity index (χ0v) is 8.01. The molecule has 0 bridgehead atoms. The lowest BCUT2D eigenvalue weighted by Crippen LogP contribution is -2.40. The summed E-state index contributed by atoms with van der Waals surface area (Å²) < 4.78 is 10.9. The predicted molar refractivity (Wildman–Crippen MR) is 48.0 cm³/mol. The lowest BCUT2D eigenvalue weighted by atomic mass is 9.83. The maximum atomic E-state index is 5.74. The van der Waals surface area contributed by atoms with Gasteiger partial charge in [0.25, 0.3) is 0 Å². The van der Waals surface area contributed by atoms with Crippen molar-refractivity contribution in [3.63, 3.8) is 0 Å². The first kappa shape index (κ1) is 9.96. The van der Waals surface area contributed by atoms with Crippen molar-refractivity contribution in [2.24, 2.45) is 11.1 Å². The van der Waals surface area contributed by atoms with Gasteiger partial charge in [-0.15, -0.1) is 0 Å². The van der Waals surface area contributed by atoms with Crippen molar-refractivity contribution in [2.45, 2.75) is 26.4 Å². The van der Waals surface area contributed by atoms with Crippen molar-refractivity contribution in [3.05, 3.63) is 0 Å². The van der Waals surface area contributed by atoms with E-state index in [0.29, 0.717) is 6.54 Å². The Morgan fingerprint density at radius 1 is 1.67 bits per heavy atom. The van der Waals surface area contributed by atoms with Gasteiger partial charge >= 0.3 is 0 Å². The lowest BCUT2D eigenvalue weighted by molar-refractivity contribution is 0.00200. The molecular weight excluding hydrogens is 154 g/mol. The van der Waals surface area contributed by atoms with Crippen molar-refractivity contribution in [2.75, 3.05) is 26.4 Å². The summed E-state index contributed by atoms with van der Waals surface area (Å²) in [6, 6.07) is 0. The van der Waals surface area contributed by atoms with Crippen LogP contribution in [-0.4, -0.2) is 32.5 Å². The fourth-order valence-corrected chi connectivity index (χ4v) is 1.64. The van der Waals surface area contributed by atoms with Gasteiger partial charge in [-0.05, 0) is 20.3 Å². The van der Waals surface area contributed by atoms with Crippen molar-refractivity contribution in [3.8, 4) is 0 Å². The van der Waals surface area contributed by atoms with Gasteiger partial charge in [-0.25, -0.2) is 0 Å². The van der Waals surface area contributed by atoms with Crippen LogP contribution in [0.15, 0.2) is 0 Å². The summed E-state index contributed by atoms with van der Waals surface area (Å²) in [7, 11) is 0. The van der Waals surface area contributed by atoms with E-state index in [0.717, 1.165) is 26.2 Å². The molecule has 0 aromatic carbocycles. The molecule has 1 aliphatic rings. The fourth-order valence-electron chi connectivity index (χ4n) is 1.64. The Morgan fingerprint density at radius 2 is 2.42 bits per heavy atom. The number of hydrogen-bond donors (Lipinski definition) is 1. The van der Waals surface area contributed by atoms with Gasteiger partial charge in [0.1, 0.15) is 0 Å². The molecule has 72 valence electrons. The third kappa shape index (κ3) is 1.79. The molecule has 2 unspecified atom stereocenters. The summed E-state index contributed by atoms with van der Waals surface area (Å²) >= 11 is 0. The molecule has 0 saturated carbocycles. The second-order valence-corrected chi connectivity index (χ2v) is 3.47. The predicted octanol–water partition coefficient (Wildman–Crippen LogP) is 0.777. The second-order valence-electron chi connectivity index (χ2n) is 3.47. The summed E-state index contributed by atoms with van der Waals surface area (Å²) in [5, 5.41) is 0. The van der Waals surface area contributed by atoms with Crippen LogP contribution in [0.3, 0.4) is 0 Å². The van der Waals surface area contributed by atoms with Crippen molar-refractivity contribution >= 4 is 0 Å². The van der Waals surface area contributed by atoms with Crippen LogP contribution in [0.25, 0.3) is 0 Å². The third-order valence-corrected chi connectivity index (χ3v) is 2.83. The SMILES string of the molecule is CCOCC1(CN)CCOC1C. The topological polar surface area (TPSA) is 44.5 Å². The molecule has 0 aliphatic carbocycles. The van der Waals surface area contributed by atoms with Gasteiger partial charge in [0, 0.05) is 25.2 Å². The average molecular weight is 173 g/mol. The molecule has 2 atom stereocenters. The summed E-state index contributed by atoms with van der Waals surface area (Å²) in [6.45, 7) is 7.07. The number of ether oxygens (including phenoxy) is 2. The van der Waals surface area contributed by atoms with Gasteiger partial charge in [-0.1, -0.05) is 0 Å². The van der Waals surface area contributed by atoms with Crippen LogP contribution in [0, 0.1) is 5.41 Å². The second kappa shape index (κ2) is 4.21. The van der Waals surface area contributed by atoms with E-state index in [1.165, 1.54) is 0 Å². The highest BCUT2D eigenvalue weighted by molar-refractivity contribution is 4.90. The van der Waals surface area contributed by atoms with Gasteiger partial charge in [0.2, 0.25) is 0 Å². The largest absolute Gasteiger partial charge is 0.381 e. The molecule has 0 spiro atoms. The Bertz CT molecular complexity index is 140. The van der Waals surface area contributed by atoms with E-state index in [9.17, 15) is 0 Å².